The molecule has 1 saturated heterocycles. The van der Waals surface area contributed by atoms with Gasteiger partial charge in [0.15, 0.2) is 0 Å². The van der Waals surface area contributed by atoms with Crippen LogP contribution in [0.15, 0.2) is 30.1 Å². The highest BCUT2D eigenvalue weighted by molar-refractivity contribution is 7.12. The van der Waals surface area contributed by atoms with Crippen LogP contribution in [-0.4, -0.2) is 39.8 Å². The molecule has 1 fully saturated rings. The van der Waals surface area contributed by atoms with E-state index in [0.717, 1.165) is 54.9 Å². The van der Waals surface area contributed by atoms with Gasteiger partial charge in [-0.05, 0) is 62.0 Å². The summed E-state index contributed by atoms with van der Waals surface area (Å²) in [7, 11) is 0. The number of pyridine rings is 1. The molecule has 0 unspecified atom stereocenters. The molecule has 0 radical (unpaired) electrons. The molecule has 0 aliphatic carbocycles. The SMILES string of the molecule is Cc1cnc(C=C2CCN(C(=O)C=Cc3cnc4c(c3)CCCC(=O)N4)CC2)s1. The molecule has 0 saturated carbocycles. The van der Waals surface area contributed by atoms with Crippen LogP contribution in [0.5, 0.6) is 0 Å². The summed E-state index contributed by atoms with van der Waals surface area (Å²) in [6.45, 7) is 3.52. The molecule has 0 atom stereocenters. The van der Waals surface area contributed by atoms with E-state index in [4.69, 9.17) is 0 Å². The highest BCUT2D eigenvalue weighted by Crippen LogP contribution is 2.23. The molecule has 29 heavy (non-hydrogen) atoms. The molecule has 0 aromatic carbocycles. The van der Waals surface area contributed by atoms with E-state index in [9.17, 15) is 9.59 Å². The number of aromatic nitrogens is 2. The predicted octanol–water partition coefficient (Wildman–Crippen LogP) is 3.84. The minimum Gasteiger partial charge on any atom is -0.339 e. The Balaban J connectivity index is 1.35. The number of nitrogens with zero attached hydrogens (tertiary/aromatic N) is 3. The summed E-state index contributed by atoms with van der Waals surface area (Å²) >= 11 is 1.70. The van der Waals surface area contributed by atoms with Crippen molar-refractivity contribution < 1.29 is 9.59 Å². The van der Waals surface area contributed by atoms with Gasteiger partial charge in [-0.15, -0.1) is 11.3 Å². The molecule has 0 spiro atoms. The van der Waals surface area contributed by atoms with E-state index in [-0.39, 0.29) is 11.8 Å². The smallest absolute Gasteiger partial charge is 0.246 e. The van der Waals surface area contributed by atoms with E-state index < -0.39 is 0 Å². The van der Waals surface area contributed by atoms with Crippen LogP contribution in [0.25, 0.3) is 12.2 Å². The Bertz CT molecular complexity index is 982. The zero-order valence-electron chi connectivity index (χ0n) is 16.5. The number of fused-ring (bicyclic) bond motifs is 1. The minimum absolute atomic E-state index is 0.0123. The van der Waals surface area contributed by atoms with E-state index in [0.29, 0.717) is 12.2 Å². The first-order chi connectivity index (χ1) is 14.1. The fourth-order valence-corrected chi connectivity index (χ4v) is 4.37. The molecule has 2 aromatic heterocycles. The number of amides is 2. The first kappa shape index (κ1) is 19.5. The predicted molar refractivity (Wildman–Crippen MR) is 115 cm³/mol. The van der Waals surface area contributed by atoms with Crippen LogP contribution in [0.4, 0.5) is 5.82 Å². The lowest BCUT2D eigenvalue weighted by atomic mass is 10.0. The average Bonchev–Trinajstić information content (AvgIpc) is 3.02. The molecule has 150 valence electrons. The van der Waals surface area contributed by atoms with Gasteiger partial charge in [0.25, 0.3) is 0 Å². The molecule has 7 heteroatoms. The monoisotopic (exact) mass is 408 g/mol. The van der Waals surface area contributed by atoms with Crippen molar-refractivity contribution in [3.05, 3.63) is 51.1 Å². The summed E-state index contributed by atoms with van der Waals surface area (Å²) in [6.07, 6.45) is 13.1. The minimum atomic E-state index is 0.0123. The van der Waals surface area contributed by atoms with Crippen molar-refractivity contribution in [2.45, 2.75) is 39.0 Å². The molecule has 2 aliphatic rings. The Hall–Kier alpha value is -2.80. The van der Waals surface area contributed by atoms with E-state index in [2.05, 4.69) is 28.3 Å². The molecule has 0 bridgehead atoms. The van der Waals surface area contributed by atoms with Gasteiger partial charge in [0.05, 0.1) is 0 Å². The third kappa shape index (κ3) is 4.98. The zero-order valence-corrected chi connectivity index (χ0v) is 17.3. The Kier molecular flexibility index (Phi) is 5.85. The molecule has 2 aromatic rings. The fraction of sp³-hybridized carbons (Fsp3) is 0.364. The molecule has 6 nitrogen and oxygen atoms in total. The van der Waals surface area contributed by atoms with Gasteiger partial charge in [0.1, 0.15) is 10.8 Å². The van der Waals surface area contributed by atoms with Crippen LogP contribution in [0, 0.1) is 6.92 Å². The van der Waals surface area contributed by atoms with Gasteiger partial charge in [-0.2, -0.15) is 0 Å². The standard InChI is InChI=1S/C22H24N4O2S/c1-15-13-23-20(29-15)12-16-7-9-26(10-8-16)21(28)6-5-17-11-18-3-2-4-19(27)25-22(18)24-14-17/h5-6,11-14H,2-4,7-10H2,1H3,(H,24,25,27). The molecule has 1 N–H and O–H groups in total. The maximum Gasteiger partial charge on any atom is 0.246 e. The molecule has 2 aliphatic heterocycles. The number of aryl methyl sites for hydroxylation is 2. The third-order valence-corrected chi connectivity index (χ3v) is 6.06. The normalized spacial score (nSPS) is 17.1. The highest BCUT2D eigenvalue weighted by Gasteiger charge is 2.18. The average molecular weight is 409 g/mol. The van der Waals surface area contributed by atoms with E-state index in [1.807, 2.05) is 23.2 Å². The Morgan fingerprint density at radius 2 is 2.00 bits per heavy atom. The number of nitrogens with one attached hydrogen (secondary N) is 1. The van der Waals surface area contributed by atoms with Crippen molar-refractivity contribution in [1.29, 1.82) is 0 Å². The Morgan fingerprint density at radius 3 is 2.76 bits per heavy atom. The Morgan fingerprint density at radius 1 is 1.17 bits per heavy atom. The van der Waals surface area contributed by atoms with E-state index in [1.165, 1.54) is 10.5 Å². The largest absolute Gasteiger partial charge is 0.339 e. The summed E-state index contributed by atoms with van der Waals surface area (Å²) in [5.41, 5.74) is 3.25. The van der Waals surface area contributed by atoms with Crippen molar-refractivity contribution >= 4 is 41.1 Å². The number of thiazole rings is 1. The molecule has 4 heterocycles. The summed E-state index contributed by atoms with van der Waals surface area (Å²) in [6, 6.07) is 2.00. The zero-order chi connectivity index (χ0) is 20.2. The van der Waals surface area contributed by atoms with Crippen LogP contribution in [-0.2, 0) is 16.0 Å². The van der Waals surface area contributed by atoms with Crippen LogP contribution < -0.4 is 5.32 Å². The second-order valence-electron chi connectivity index (χ2n) is 7.45. The van der Waals surface area contributed by atoms with Crippen molar-refractivity contribution in [2.24, 2.45) is 0 Å². The van der Waals surface area contributed by atoms with Crippen molar-refractivity contribution in [2.75, 3.05) is 18.4 Å². The number of piperidine rings is 1. The van der Waals surface area contributed by atoms with Crippen molar-refractivity contribution in [3.63, 3.8) is 0 Å². The maximum atomic E-state index is 12.6. The van der Waals surface area contributed by atoms with Gasteiger partial charge >= 0.3 is 0 Å². The van der Waals surface area contributed by atoms with Gasteiger partial charge in [-0.3, -0.25) is 9.59 Å². The highest BCUT2D eigenvalue weighted by atomic mass is 32.1. The second-order valence-corrected chi connectivity index (χ2v) is 8.71. The van der Waals surface area contributed by atoms with Crippen LogP contribution in [0.2, 0.25) is 0 Å². The van der Waals surface area contributed by atoms with Gasteiger partial charge in [0, 0.05) is 42.9 Å². The number of rotatable bonds is 3. The topological polar surface area (TPSA) is 75.2 Å². The lowest BCUT2D eigenvalue weighted by Gasteiger charge is -2.27. The lowest BCUT2D eigenvalue weighted by Crippen LogP contribution is -2.35. The number of carbonyl (C=O) groups excluding carboxylic acids is 2. The van der Waals surface area contributed by atoms with Gasteiger partial charge < -0.3 is 10.2 Å². The maximum absolute atomic E-state index is 12.6. The first-order valence-corrected chi connectivity index (χ1v) is 10.8. The number of carbonyl (C=O) groups is 2. The lowest BCUT2D eigenvalue weighted by molar-refractivity contribution is -0.126. The number of hydrogen-bond donors (Lipinski definition) is 1. The summed E-state index contributed by atoms with van der Waals surface area (Å²) < 4.78 is 0. The first-order valence-electron chi connectivity index (χ1n) is 9.94. The molecule has 4 rings (SSSR count). The van der Waals surface area contributed by atoms with Gasteiger partial charge in [-0.25, -0.2) is 9.97 Å². The van der Waals surface area contributed by atoms with E-state index >= 15 is 0 Å². The number of anilines is 1. The van der Waals surface area contributed by atoms with Crippen molar-refractivity contribution in [1.82, 2.24) is 14.9 Å². The fourth-order valence-electron chi connectivity index (χ4n) is 3.60. The van der Waals surface area contributed by atoms with Crippen LogP contribution >= 0.6 is 11.3 Å². The number of likely N-dealkylation sites (tertiary alicyclic amines) is 1. The number of hydrogen-bond acceptors (Lipinski definition) is 5. The van der Waals surface area contributed by atoms with Crippen LogP contribution in [0.3, 0.4) is 0 Å². The van der Waals surface area contributed by atoms with Gasteiger partial charge in [-0.1, -0.05) is 5.57 Å². The van der Waals surface area contributed by atoms with Gasteiger partial charge in [0.2, 0.25) is 11.8 Å². The molecular weight excluding hydrogens is 384 g/mol. The summed E-state index contributed by atoms with van der Waals surface area (Å²) in [5.74, 6) is 0.678. The molecule has 2 amide bonds. The summed E-state index contributed by atoms with van der Waals surface area (Å²) in [5, 5.41) is 3.88. The summed E-state index contributed by atoms with van der Waals surface area (Å²) in [4.78, 5) is 36.0. The quantitative estimate of drug-likeness (QED) is 0.783. The third-order valence-electron chi connectivity index (χ3n) is 5.20. The second kappa shape index (κ2) is 8.69. The van der Waals surface area contributed by atoms with Crippen molar-refractivity contribution in [3.8, 4) is 0 Å². The van der Waals surface area contributed by atoms with Crippen LogP contribution in [0.1, 0.15) is 46.7 Å². The Labute approximate surface area is 174 Å². The van der Waals surface area contributed by atoms with E-state index in [1.54, 1.807) is 23.6 Å². The molecular formula is C22H24N4O2S.